The Morgan fingerprint density at radius 1 is 1.17 bits per heavy atom. The summed E-state index contributed by atoms with van der Waals surface area (Å²) in [6, 6.07) is 7.87. The molecular formula is C23H36N4O3. The van der Waals surface area contributed by atoms with E-state index < -0.39 is 0 Å². The molecule has 2 heterocycles. The molecule has 2 N–H and O–H groups in total. The first-order chi connectivity index (χ1) is 14.8. The summed E-state index contributed by atoms with van der Waals surface area (Å²) in [4.78, 5) is 18.8. The van der Waals surface area contributed by atoms with Crippen LogP contribution in [0.4, 0.5) is 0 Å². The Bertz CT molecular complexity index is 666. The van der Waals surface area contributed by atoms with Crippen LogP contribution in [-0.2, 0) is 16.0 Å². The Balaban J connectivity index is 1.31. The lowest BCUT2D eigenvalue weighted by Crippen LogP contribution is -2.37. The van der Waals surface area contributed by atoms with Gasteiger partial charge in [0.2, 0.25) is 0 Å². The van der Waals surface area contributed by atoms with E-state index in [-0.39, 0.29) is 12.0 Å². The zero-order chi connectivity index (χ0) is 21.0. The van der Waals surface area contributed by atoms with E-state index in [2.05, 4.69) is 15.6 Å². The van der Waals surface area contributed by atoms with E-state index in [9.17, 15) is 4.79 Å². The fourth-order valence-corrected chi connectivity index (χ4v) is 3.82. The molecule has 7 nitrogen and oxygen atoms in total. The molecule has 7 heteroatoms. The van der Waals surface area contributed by atoms with Gasteiger partial charge in [0.05, 0.1) is 12.7 Å². The molecule has 3 rings (SSSR count). The van der Waals surface area contributed by atoms with Gasteiger partial charge in [-0.1, -0.05) is 12.1 Å². The van der Waals surface area contributed by atoms with Crippen LogP contribution in [0.2, 0.25) is 0 Å². The molecule has 166 valence electrons. The first kappa shape index (κ1) is 22.6. The van der Waals surface area contributed by atoms with Crippen LogP contribution < -0.4 is 10.6 Å². The van der Waals surface area contributed by atoms with Crippen molar-refractivity contribution in [1.82, 2.24) is 15.5 Å². The molecule has 0 aromatic heterocycles. The van der Waals surface area contributed by atoms with Gasteiger partial charge < -0.3 is 25.0 Å². The molecule has 2 saturated heterocycles. The molecule has 0 bridgehead atoms. The predicted molar refractivity (Wildman–Crippen MR) is 119 cm³/mol. The van der Waals surface area contributed by atoms with E-state index in [1.807, 2.05) is 29.2 Å². The van der Waals surface area contributed by atoms with Gasteiger partial charge in [0.15, 0.2) is 5.96 Å². The summed E-state index contributed by atoms with van der Waals surface area (Å²) in [7, 11) is 1.77. The summed E-state index contributed by atoms with van der Waals surface area (Å²) in [6.07, 6.45) is 6.92. The van der Waals surface area contributed by atoms with Crippen LogP contribution in [0.3, 0.4) is 0 Å². The van der Waals surface area contributed by atoms with Gasteiger partial charge in [-0.25, -0.2) is 0 Å². The molecule has 1 aromatic rings. The van der Waals surface area contributed by atoms with E-state index in [4.69, 9.17) is 9.47 Å². The summed E-state index contributed by atoms with van der Waals surface area (Å²) in [6.45, 7) is 5.50. The Morgan fingerprint density at radius 2 is 1.97 bits per heavy atom. The fraction of sp³-hybridized carbons (Fsp3) is 0.652. The number of carbonyl (C=O) groups is 1. The van der Waals surface area contributed by atoms with Crippen molar-refractivity contribution in [3.8, 4) is 0 Å². The van der Waals surface area contributed by atoms with Crippen LogP contribution in [0.1, 0.15) is 54.4 Å². The minimum absolute atomic E-state index is 0.147. The monoisotopic (exact) mass is 416 g/mol. The number of piperidine rings is 1. The Morgan fingerprint density at radius 3 is 2.67 bits per heavy atom. The second-order valence-electron chi connectivity index (χ2n) is 7.97. The minimum Gasteiger partial charge on any atom is -0.379 e. The minimum atomic E-state index is 0.147. The third kappa shape index (κ3) is 7.29. The maximum atomic E-state index is 12.6. The largest absolute Gasteiger partial charge is 0.379 e. The number of ether oxygens (including phenoxy) is 2. The average Bonchev–Trinajstić information content (AvgIpc) is 3.32. The van der Waals surface area contributed by atoms with Crippen molar-refractivity contribution in [3.63, 3.8) is 0 Å². The standard InChI is InChI=1S/C23H36N4O3/c1-24-23(25-12-6-15-29-18-21-7-5-16-30-21)26-17-19-8-10-20(11-9-19)22(28)27-13-3-2-4-14-27/h8-11,21H,2-7,12-18H2,1H3,(H2,24,25,26). The van der Waals surface area contributed by atoms with Crippen molar-refractivity contribution < 1.29 is 14.3 Å². The van der Waals surface area contributed by atoms with Crippen LogP contribution in [0, 0.1) is 0 Å². The van der Waals surface area contributed by atoms with Crippen LogP contribution in [0.5, 0.6) is 0 Å². The van der Waals surface area contributed by atoms with Crippen molar-refractivity contribution in [2.75, 3.05) is 46.5 Å². The van der Waals surface area contributed by atoms with Crippen molar-refractivity contribution in [3.05, 3.63) is 35.4 Å². The number of nitrogens with one attached hydrogen (secondary N) is 2. The van der Waals surface area contributed by atoms with Crippen molar-refractivity contribution in [2.45, 2.75) is 51.2 Å². The summed E-state index contributed by atoms with van der Waals surface area (Å²) in [5.41, 5.74) is 1.89. The highest BCUT2D eigenvalue weighted by molar-refractivity contribution is 5.94. The number of likely N-dealkylation sites (tertiary alicyclic amines) is 1. The molecule has 0 aliphatic carbocycles. The lowest BCUT2D eigenvalue weighted by molar-refractivity contribution is 0.0168. The topological polar surface area (TPSA) is 75.2 Å². The number of rotatable bonds is 9. The molecule has 2 fully saturated rings. The quantitative estimate of drug-likeness (QED) is 0.368. The molecular weight excluding hydrogens is 380 g/mol. The first-order valence-corrected chi connectivity index (χ1v) is 11.3. The van der Waals surface area contributed by atoms with Crippen molar-refractivity contribution in [2.24, 2.45) is 4.99 Å². The van der Waals surface area contributed by atoms with Crippen LogP contribution >= 0.6 is 0 Å². The number of hydrogen-bond donors (Lipinski definition) is 2. The van der Waals surface area contributed by atoms with Gasteiger partial charge in [0.1, 0.15) is 0 Å². The van der Waals surface area contributed by atoms with E-state index in [1.165, 1.54) is 6.42 Å². The highest BCUT2D eigenvalue weighted by Crippen LogP contribution is 2.14. The van der Waals surface area contributed by atoms with Crippen molar-refractivity contribution >= 4 is 11.9 Å². The number of amides is 1. The third-order valence-corrected chi connectivity index (χ3v) is 5.61. The van der Waals surface area contributed by atoms with Gasteiger partial charge in [0.25, 0.3) is 5.91 Å². The Hall–Kier alpha value is -2.12. The maximum absolute atomic E-state index is 12.6. The SMILES string of the molecule is CN=C(NCCCOCC1CCCO1)NCc1ccc(C(=O)N2CCCCC2)cc1. The van der Waals surface area contributed by atoms with Crippen molar-refractivity contribution in [1.29, 1.82) is 0 Å². The Labute approximate surface area is 180 Å². The number of hydrogen-bond acceptors (Lipinski definition) is 4. The lowest BCUT2D eigenvalue weighted by atomic mass is 10.1. The second kappa shape index (κ2) is 12.5. The Kier molecular flexibility index (Phi) is 9.44. The normalized spacial score (nSPS) is 19.7. The maximum Gasteiger partial charge on any atom is 0.253 e. The second-order valence-corrected chi connectivity index (χ2v) is 7.97. The van der Waals surface area contributed by atoms with Gasteiger partial charge in [-0.2, -0.15) is 0 Å². The summed E-state index contributed by atoms with van der Waals surface area (Å²) < 4.78 is 11.2. The molecule has 2 aliphatic rings. The molecule has 1 atom stereocenters. The smallest absolute Gasteiger partial charge is 0.253 e. The van der Waals surface area contributed by atoms with Gasteiger partial charge in [-0.3, -0.25) is 9.79 Å². The van der Waals surface area contributed by atoms with E-state index in [1.54, 1.807) is 7.05 Å². The molecule has 30 heavy (non-hydrogen) atoms. The highest BCUT2D eigenvalue weighted by Gasteiger charge is 2.18. The van der Waals surface area contributed by atoms with E-state index >= 15 is 0 Å². The lowest BCUT2D eigenvalue weighted by Gasteiger charge is -2.26. The molecule has 1 aromatic carbocycles. The molecule has 0 saturated carbocycles. The molecule has 0 spiro atoms. The third-order valence-electron chi connectivity index (χ3n) is 5.61. The molecule has 1 unspecified atom stereocenters. The molecule has 0 radical (unpaired) electrons. The van der Waals surface area contributed by atoms with Crippen LogP contribution in [0.15, 0.2) is 29.3 Å². The summed E-state index contributed by atoms with van der Waals surface area (Å²) in [5, 5.41) is 6.62. The first-order valence-electron chi connectivity index (χ1n) is 11.3. The number of nitrogens with zero attached hydrogens (tertiary/aromatic N) is 2. The number of benzene rings is 1. The average molecular weight is 417 g/mol. The van der Waals surface area contributed by atoms with Crippen LogP contribution in [-0.4, -0.2) is 69.4 Å². The summed E-state index contributed by atoms with van der Waals surface area (Å²) >= 11 is 0. The van der Waals surface area contributed by atoms with Gasteiger partial charge >= 0.3 is 0 Å². The van der Waals surface area contributed by atoms with Gasteiger partial charge in [0, 0.05) is 52.0 Å². The summed E-state index contributed by atoms with van der Waals surface area (Å²) in [5.74, 6) is 0.913. The zero-order valence-electron chi connectivity index (χ0n) is 18.2. The van der Waals surface area contributed by atoms with Gasteiger partial charge in [-0.15, -0.1) is 0 Å². The number of aliphatic imine (C=N–C) groups is 1. The van der Waals surface area contributed by atoms with Crippen LogP contribution in [0.25, 0.3) is 0 Å². The predicted octanol–water partition coefficient (Wildman–Crippen LogP) is 2.56. The van der Waals surface area contributed by atoms with E-state index in [0.29, 0.717) is 13.2 Å². The van der Waals surface area contributed by atoms with Gasteiger partial charge in [-0.05, 0) is 56.2 Å². The fourth-order valence-electron chi connectivity index (χ4n) is 3.82. The number of guanidine groups is 1. The molecule has 2 aliphatic heterocycles. The number of carbonyl (C=O) groups excluding carboxylic acids is 1. The zero-order valence-corrected chi connectivity index (χ0v) is 18.2. The molecule has 1 amide bonds. The highest BCUT2D eigenvalue weighted by atomic mass is 16.5. The van der Waals surface area contributed by atoms with E-state index in [0.717, 1.165) is 82.0 Å².